The summed E-state index contributed by atoms with van der Waals surface area (Å²) in [6, 6.07) is 13.6. The van der Waals surface area contributed by atoms with Crippen LogP contribution in [0, 0.1) is 11.3 Å². The second kappa shape index (κ2) is 6.24. The fraction of sp³-hybridized carbons (Fsp3) is 0.381. The van der Waals surface area contributed by atoms with Gasteiger partial charge < -0.3 is 10.6 Å². The highest BCUT2D eigenvalue weighted by Crippen LogP contribution is 2.47. The summed E-state index contributed by atoms with van der Waals surface area (Å²) in [5.74, 6) is -0.893. The van der Waals surface area contributed by atoms with Crippen molar-refractivity contribution in [2.75, 3.05) is 13.1 Å². The Bertz CT molecular complexity index is 896. The topological polar surface area (TPSA) is 80.5 Å². The van der Waals surface area contributed by atoms with Gasteiger partial charge in [-0.15, -0.1) is 0 Å². The summed E-state index contributed by atoms with van der Waals surface area (Å²) < 4.78 is 0. The first-order valence-corrected chi connectivity index (χ1v) is 9.14. The number of Topliss-reactive ketones (excluding diaryl/α,β-unsaturated/α-hetero) is 1. The lowest BCUT2D eigenvalue weighted by Gasteiger charge is -2.34. The van der Waals surface area contributed by atoms with Gasteiger partial charge in [0, 0.05) is 24.6 Å². The predicted molar refractivity (Wildman–Crippen MR) is 98.4 cm³/mol. The van der Waals surface area contributed by atoms with Crippen molar-refractivity contribution in [3.05, 3.63) is 48.0 Å². The Morgan fingerprint density at radius 1 is 1.04 bits per heavy atom. The first-order chi connectivity index (χ1) is 12.5. The van der Waals surface area contributed by atoms with Crippen LogP contribution < -0.4 is 5.73 Å². The molecule has 5 heteroatoms. The molecule has 0 aromatic heterocycles. The van der Waals surface area contributed by atoms with Gasteiger partial charge in [0.15, 0.2) is 5.78 Å². The highest BCUT2D eigenvalue weighted by Gasteiger charge is 2.57. The minimum Gasteiger partial charge on any atom is -0.369 e. The zero-order chi connectivity index (χ0) is 18.3. The van der Waals surface area contributed by atoms with Crippen LogP contribution in [0.1, 0.15) is 36.0 Å². The summed E-state index contributed by atoms with van der Waals surface area (Å²) >= 11 is 0. The number of piperidine rings is 1. The lowest BCUT2D eigenvalue weighted by Crippen LogP contribution is -2.48. The fourth-order valence-corrected chi connectivity index (χ4v) is 4.03. The summed E-state index contributed by atoms with van der Waals surface area (Å²) in [4.78, 5) is 39.2. The van der Waals surface area contributed by atoms with Crippen molar-refractivity contribution in [1.82, 2.24) is 4.90 Å². The Hall–Kier alpha value is -2.69. The number of fused-ring (bicyclic) bond motifs is 1. The monoisotopic (exact) mass is 350 g/mol. The van der Waals surface area contributed by atoms with E-state index in [1.165, 1.54) is 0 Å². The third kappa shape index (κ3) is 2.68. The van der Waals surface area contributed by atoms with Crippen molar-refractivity contribution < 1.29 is 14.4 Å². The molecule has 1 atom stereocenters. The van der Waals surface area contributed by atoms with Crippen LogP contribution in [0.15, 0.2) is 42.5 Å². The molecule has 1 unspecified atom stereocenters. The molecular weight excluding hydrogens is 328 g/mol. The van der Waals surface area contributed by atoms with Gasteiger partial charge in [0.2, 0.25) is 11.8 Å². The summed E-state index contributed by atoms with van der Waals surface area (Å²) in [7, 11) is 0. The molecular formula is C21H22N2O3. The van der Waals surface area contributed by atoms with Crippen molar-refractivity contribution in [2.24, 2.45) is 17.1 Å². The number of likely N-dealkylation sites (tertiary alicyclic amines) is 1. The number of carbonyl (C=O) groups excluding carboxylic acids is 3. The molecule has 1 heterocycles. The average molecular weight is 350 g/mol. The van der Waals surface area contributed by atoms with Crippen molar-refractivity contribution >= 4 is 28.4 Å². The number of nitrogens with two attached hydrogens (primary N) is 1. The second-order valence-electron chi connectivity index (χ2n) is 7.43. The molecule has 134 valence electrons. The van der Waals surface area contributed by atoms with Gasteiger partial charge in [0.05, 0.1) is 0 Å². The molecule has 2 amide bonds. The molecule has 1 saturated heterocycles. The van der Waals surface area contributed by atoms with Crippen LogP contribution in [0.25, 0.3) is 10.8 Å². The van der Waals surface area contributed by atoms with E-state index in [2.05, 4.69) is 0 Å². The van der Waals surface area contributed by atoms with E-state index >= 15 is 0 Å². The third-order valence-corrected chi connectivity index (χ3v) is 5.77. The number of benzene rings is 2. The van der Waals surface area contributed by atoms with E-state index in [9.17, 15) is 14.4 Å². The maximum atomic E-state index is 13.2. The van der Waals surface area contributed by atoms with Crippen LogP contribution in [-0.2, 0) is 9.59 Å². The minimum absolute atomic E-state index is 0.0724. The smallest absolute Gasteiger partial charge is 0.238 e. The molecule has 2 aromatic carbocycles. The summed E-state index contributed by atoms with van der Waals surface area (Å²) in [6.45, 7) is 0.961. The Balaban J connectivity index is 1.57. The van der Waals surface area contributed by atoms with Gasteiger partial charge in [-0.3, -0.25) is 14.4 Å². The number of nitrogens with zero attached hydrogens (tertiary/aromatic N) is 1. The number of hydrogen-bond donors (Lipinski definition) is 1. The third-order valence-electron chi connectivity index (χ3n) is 5.77. The zero-order valence-corrected chi connectivity index (χ0v) is 14.6. The van der Waals surface area contributed by atoms with Crippen LogP contribution in [0.3, 0.4) is 0 Å². The molecule has 0 spiro atoms. The van der Waals surface area contributed by atoms with Gasteiger partial charge in [-0.1, -0.05) is 42.5 Å². The average Bonchev–Trinajstić information content (AvgIpc) is 3.48. The molecule has 4 rings (SSSR count). The Labute approximate surface area is 152 Å². The number of ketones is 1. The molecule has 1 aliphatic carbocycles. The fourth-order valence-electron chi connectivity index (χ4n) is 4.03. The van der Waals surface area contributed by atoms with Gasteiger partial charge in [-0.05, 0) is 36.5 Å². The second-order valence-corrected chi connectivity index (χ2v) is 7.43. The van der Waals surface area contributed by atoms with Gasteiger partial charge in [-0.2, -0.15) is 0 Å². The van der Waals surface area contributed by atoms with Crippen LogP contribution in [0.5, 0.6) is 0 Å². The predicted octanol–water partition coefficient (Wildman–Crippen LogP) is 2.53. The maximum absolute atomic E-state index is 13.2. The lowest BCUT2D eigenvalue weighted by molar-refractivity contribution is -0.144. The standard InChI is InChI=1S/C21H22N2O3/c22-19(25)21(10-11-21)20(26)23-12-4-7-15(13-23)18(24)17-9-3-6-14-5-1-2-8-16(14)17/h1-3,5-6,8-9,15H,4,7,10-13H2,(H2,22,25). The highest BCUT2D eigenvalue weighted by atomic mass is 16.2. The van der Waals surface area contributed by atoms with Crippen LogP contribution in [-0.4, -0.2) is 35.6 Å². The number of carbonyl (C=O) groups is 3. The van der Waals surface area contributed by atoms with E-state index in [0.717, 1.165) is 23.6 Å². The maximum Gasteiger partial charge on any atom is 0.238 e. The van der Waals surface area contributed by atoms with E-state index in [4.69, 9.17) is 5.73 Å². The number of rotatable bonds is 4. The molecule has 2 fully saturated rings. The van der Waals surface area contributed by atoms with Crippen molar-refractivity contribution in [3.63, 3.8) is 0 Å². The molecule has 0 bridgehead atoms. The first-order valence-electron chi connectivity index (χ1n) is 9.14. The van der Waals surface area contributed by atoms with Crippen LogP contribution in [0.2, 0.25) is 0 Å². The summed E-state index contributed by atoms with van der Waals surface area (Å²) in [5.41, 5.74) is 5.13. The Morgan fingerprint density at radius 2 is 1.77 bits per heavy atom. The van der Waals surface area contributed by atoms with E-state index < -0.39 is 11.3 Å². The van der Waals surface area contributed by atoms with Crippen LogP contribution in [0.4, 0.5) is 0 Å². The minimum atomic E-state index is -1.01. The van der Waals surface area contributed by atoms with E-state index in [1.807, 2.05) is 42.5 Å². The van der Waals surface area contributed by atoms with Gasteiger partial charge in [-0.25, -0.2) is 0 Å². The Kier molecular flexibility index (Phi) is 4.02. The van der Waals surface area contributed by atoms with Crippen molar-refractivity contribution in [2.45, 2.75) is 25.7 Å². The number of amides is 2. The molecule has 2 N–H and O–H groups in total. The molecule has 0 radical (unpaired) electrons. The highest BCUT2D eigenvalue weighted by molar-refractivity contribution is 6.10. The normalized spacial score (nSPS) is 21.4. The number of primary amides is 1. The largest absolute Gasteiger partial charge is 0.369 e. The first kappa shape index (κ1) is 16.8. The Morgan fingerprint density at radius 3 is 2.50 bits per heavy atom. The van der Waals surface area contributed by atoms with E-state index in [1.54, 1.807) is 4.90 Å². The quantitative estimate of drug-likeness (QED) is 0.680. The molecule has 1 saturated carbocycles. The molecule has 5 nitrogen and oxygen atoms in total. The van der Waals surface area contributed by atoms with Crippen LogP contribution >= 0.6 is 0 Å². The molecule has 2 aliphatic rings. The lowest BCUT2D eigenvalue weighted by atomic mass is 9.87. The van der Waals surface area contributed by atoms with Crippen molar-refractivity contribution in [1.29, 1.82) is 0 Å². The van der Waals surface area contributed by atoms with Gasteiger partial charge in [0.25, 0.3) is 0 Å². The zero-order valence-electron chi connectivity index (χ0n) is 14.6. The summed E-state index contributed by atoms with van der Waals surface area (Å²) in [6.07, 6.45) is 2.58. The van der Waals surface area contributed by atoms with E-state index in [0.29, 0.717) is 31.5 Å². The van der Waals surface area contributed by atoms with Gasteiger partial charge in [0.1, 0.15) is 5.41 Å². The molecule has 26 heavy (non-hydrogen) atoms. The summed E-state index contributed by atoms with van der Waals surface area (Å²) in [5, 5.41) is 1.98. The van der Waals surface area contributed by atoms with E-state index in [-0.39, 0.29) is 17.6 Å². The van der Waals surface area contributed by atoms with Crippen molar-refractivity contribution in [3.8, 4) is 0 Å². The molecule has 1 aliphatic heterocycles. The van der Waals surface area contributed by atoms with Gasteiger partial charge >= 0.3 is 0 Å². The molecule has 2 aromatic rings. The number of hydrogen-bond acceptors (Lipinski definition) is 3. The SMILES string of the molecule is NC(=O)C1(C(=O)N2CCCC(C(=O)c3cccc4ccccc34)C2)CC1.